The molecule has 0 fully saturated rings. The predicted octanol–water partition coefficient (Wildman–Crippen LogP) is 2.56. The van der Waals surface area contributed by atoms with Crippen molar-refractivity contribution in [1.82, 2.24) is 0 Å². The topological polar surface area (TPSA) is 113 Å². The van der Waals surface area contributed by atoms with Gasteiger partial charge in [0.2, 0.25) is 0 Å². The van der Waals surface area contributed by atoms with Crippen LogP contribution in [0.1, 0.15) is 12.0 Å². The van der Waals surface area contributed by atoms with E-state index < -0.39 is 40.5 Å². The largest absolute Gasteiger partial charge is 0.456 e. The molecule has 2 rings (SSSR count). The lowest BCUT2D eigenvalue weighted by Gasteiger charge is -2.08. The summed E-state index contributed by atoms with van der Waals surface area (Å²) in [7, 11) is -3.75. The summed E-state index contributed by atoms with van der Waals surface area (Å²) >= 11 is 5.86. The van der Waals surface area contributed by atoms with Crippen LogP contribution >= 0.6 is 11.6 Å². The molecule has 0 aliphatic carbocycles. The number of nitrogens with zero attached hydrogens (tertiary/aromatic N) is 1. The molecule has 1 amide bonds. The first-order chi connectivity index (χ1) is 12.8. The SMILES string of the molecule is N#Cc1ccccc1NC(=O)COC(=O)CCS(=O)(=O)c1ccccc1Cl. The summed E-state index contributed by atoms with van der Waals surface area (Å²) in [6, 6.07) is 14.2. The summed E-state index contributed by atoms with van der Waals surface area (Å²) in [6.07, 6.45) is -0.421. The highest BCUT2D eigenvalue weighted by molar-refractivity contribution is 7.91. The van der Waals surface area contributed by atoms with Crippen molar-refractivity contribution in [1.29, 1.82) is 5.26 Å². The van der Waals surface area contributed by atoms with Crippen LogP contribution in [-0.4, -0.2) is 32.7 Å². The van der Waals surface area contributed by atoms with Crippen LogP contribution in [0.3, 0.4) is 0 Å². The highest BCUT2D eigenvalue weighted by Crippen LogP contribution is 2.22. The Morgan fingerprint density at radius 3 is 2.48 bits per heavy atom. The van der Waals surface area contributed by atoms with Crippen molar-refractivity contribution in [2.45, 2.75) is 11.3 Å². The van der Waals surface area contributed by atoms with E-state index >= 15 is 0 Å². The summed E-state index contributed by atoms with van der Waals surface area (Å²) < 4.78 is 29.2. The number of carbonyl (C=O) groups excluding carboxylic acids is 2. The van der Waals surface area contributed by atoms with Crippen molar-refractivity contribution >= 4 is 39.0 Å². The van der Waals surface area contributed by atoms with Gasteiger partial charge in [0.05, 0.1) is 33.3 Å². The van der Waals surface area contributed by atoms with E-state index in [1.807, 2.05) is 6.07 Å². The first-order valence-corrected chi connectivity index (χ1v) is 9.78. The van der Waals surface area contributed by atoms with Crippen LogP contribution in [0.4, 0.5) is 5.69 Å². The zero-order valence-corrected chi connectivity index (χ0v) is 15.6. The third-order valence-corrected chi connectivity index (χ3v) is 5.64. The smallest absolute Gasteiger partial charge is 0.307 e. The second kappa shape index (κ2) is 9.16. The number of halogens is 1. The van der Waals surface area contributed by atoms with Gasteiger partial charge in [0.15, 0.2) is 16.4 Å². The highest BCUT2D eigenvalue weighted by Gasteiger charge is 2.20. The Morgan fingerprint density at radius 2 is 1.78 bits per heavy atom. The number of sulfone groups is 1. The van der Waals surface area contributed by atoms with Gasteiger partial charge in [-0.1, -0.05) is 35.9 Å². The van der Waals surface area contributed by atoms with Crippen LogP contribution in [0.25, 0.3) is 0 Å². The number of nitrogens with one attached hydrogen (secondary N) is 1. The maximum absolute atomic E-state index is 12.2. The predicted molar refractivity (Wildman–Crippen MR) is 98.9 cm³/mol. The number of carbonyl (C=O) groups is 2. The Bertz CT molecular complexity index is 999. The van der Waals surface area contributed by atoms with Crippen LogP contribution in [0.5, 0.6) is 0 Å². The van der Waals surface area contributed by atoms with Gasteiger partial charge in [0, 0.05) is 0 Å². The molecule has 1 N–H and O–H groups in total. The van der Waals surface area contributed by atoms with E-state index in [0.29, 0.717) is 5.69 Å². The Labute approximate surface area is 161 Å². The minimum Gasteiger partial charge on any atom is -0.456 e. The normalized spacial score (nSPS) is 10.7. The van der Waals surface area contributed by atoms with Crippen molar-refractivity contribution in [2.75, 3.05) is 17.7 Å². The molecule has 2 aromatic carbocycles. The van der Waals surface area contributed by atoms with Gasteiger partial charge in [-0.05, 0) is 24.3 Å². The Balaban J connectivity index is 1.85. The quantitative estimate of drug-likeness (QED) is 0.707. The summed E-state index contributed by atoms with van der Waals surface area (Å²) in [5.74, 6) is -1.97. The molecule has 0 unspecified atom stereocenters. The molecule has 0 bridgehead atoms. The van der Waals surface area contributed by atoms with E-state index in [9.17, 15) is 18.0 Å². The average Bonchev–Trinajstić information content (AvgIpc) is 2.65. The number of nitriles is 1. The second-order valence-electron chi connectivity index (χ2n) is 5.37. The summed E-state index contributed by atoms with van der Waals surface area (Å²) in [5.41, 5.74) is 0.561. The molecule has 9 heteroatoms. The Kier molecular flexibility index (Phi) is 6.93. The van der Waals surface area contributed by atoms with E-state index in [-0.39, 0.29) is 15.5 Å². The van der Waals surface area contributed by atoms with E-state index in [2.05, 4.69) is 5.32 Å². The standard InChI is InChI=1S/C18H15ClN2O5S/c19-14-6-2-4-8-16(14)27(24,25)10-9-18(23)26-12-17(22)21-15-7-3-1-5-13(15)11-20/h1-8H,9-10,12H2,(H,21,22). The van der Waals surface area contributed by atoms with Crippen LogP contribution < -0.4 is 5.32 Å². The average molecular weight is 407 g/mol. The van der Waals surface area contributed by atoms with Crippen molar-refractivity contribution in [3.63, 3.8) is 0 Å². The number of para-hydroxylation sites is 1. The molecular weight excluding hydrogens is 392 g/mol. The van der Waals surface area contributed by atoms with Crippen molar-refractivity contribution in [3.05, 3.63) is 59.1 Å². The third-order valence-electron chi connectivity index (χ3n) is 3.43. The molecule has 0 aromatic heterocycles. The Morgan fingerprint density at radius 1 is 1.11 bits per heavy atom. The fraction of sp³-hybridized carbons (Fsp3) is 0.167. The monoisotopic (exact) mass is 406 g/mol. The molecule has 0 spiro atoms. The minimum atomic E-state index is -3.75. The fourth-order valence-corrected chi connectivity index (χ4v) is 3.91. The van der Waals surface area contributed by atoms with Gasteiger partial charge in [-0.2, -0.15) is 5.26 Å². The van der Waals surface area contributed by atoms with E-state index in [0.717, 1.165) is 0 Å². The lowest BCUT2D eigenvalue weighted by Crippen LogP contribution is -2.22. The number of anilines is 1. The molecule has 0 saturated heterocycles. The molecule has 0 saturated carbocycles. The zero-order chi connectivity index (χ0) is 19.9. The van der Waals surface area contributed by atoms with E-state index in [4.69, 9.17) is 21.6 Å². The van der Waals surface area contributed by atoms with Crippen molar-refractivity contribution in [2.24, 2.45) is 0 Å². The van der Waals surface area contributed by atoms with Crippen LogP contribution in [0.2, 0.25) is 5.02 Å². The van der Waals surface area contributed by atoms with E-state index in [1.54, 1.807) is 18.2 Å². The number of rotatable bonds is 7. The number of hydrogen-bond donors (Lipinski definition) is 1. The van der Waals surface area contributed by atoms with Crippen molar-refractivity contribution < 1.29 is 22.7 Å². The number of esters is 1. The first-order valence-electron chi connectivity index (χ1n) is 7.75. The van der Waals surface area contributed by atoms with Crippen LogP contribution in [0, 0.1) is 11.3 Å². The number of hydrogen-bond acceptors (Lipinski definition) is 6. The maximum Gasteiger partial charge on any atom is 0.307 e. The first kappa shape index (κ1) is 20.4. The van der Waals surface area contributed by atoms with Crippen LogP contribution in [0.15, 0.2) is 53.4 Å². The lowest BCUT2D eigenvalue weighted by molar-refractivity contribution is -0.146. The lowest BCUT2D eigenvalue weighted by atomic mass is 10.2. The van der Waals surface area contributed by atoms with Gasteiger partial charge in [-0.15, -0.1) is 0 Å². The zero-order valence-electron chi connectivity index (χ0n) is 14.0. The number of amides is 1. The summed E-state index contributed by atoms with van der Waals surface area (Å²) in [6.45, 7) is -0.593. The van der Waals surface area contributed by atoms with Crippen molar-refractivity contribution in [3.8, 4) is 6.07 Å². The molecule has 0 radical (unpaired) electrons. The molecule has 7 nitrogen and oxygen atoms in total. The second-order valence-corrected chi connectivity index (χ2v) is 7.85. The van der Waals surface area contributed by atoms with Gasteiger partial charge < -0.3 is 10.1 Å². The maximum atomic E-state index is 12.2. The van der Waals surface area contributed by atoms with Gasteiger partial charge in [0.25, 0.3) is 5.91 Å². The minimum absolute atomic E-state index is 0.0645. The third kappa shape index (κ3) is 5.81. The summed E-state index contributed by atoms with van der Waals surface area (Å²) in [4.78, 5) is 23.5. The molecule has 140 valence electrons. The van der Waals surface area contributed by atoms with Gasteiger partial charge in [0.1, 0.15) is 6.07 Å². The van der Waals surface area contributed by atoms with Gasteiger partial charge >= 0.3 is 5.97 Å². The number of ether oxygens (including phenoxy) is 1. The summed E-state index contributed by atoms with van der Waals surface area (Å²) in [5, 5.41) is 11.5. The number of benzene rings is 2. The van der Waals surface area contributed by atoms with Crippen LogP contribution in [-0.2, 0) is 24.2 Å². The molecule has 27 heavy (non-hydrogen) atoms. The highest BCUT2D eigenvalue weighted by atomic mass is 35.5. The molecule has 0 heterocycles. The van der Waals surface area contributed by atoms with Gasteiger partial charge in [-0.25, -0.2) is 8.42 Å². The Hall–Kier alpha value is -2.89. The molecular formula is C18H15ClN2O5S. The van der Waals surface area contributed by atoms with E-state index in [1.165, 1.54) is 30.3 Å². The molecule has 0 aliphatic rings. The fourth-order valence-electron chi connectivity index (χ4n) is 2.12. The molecule has 0 aliphatic heterocycles. The molecule has 0 atom stereocenters. The molecule has 2 aromatic rings. The van der Waals surface area contributed by atoms with Gasteiger partial charge in [-0.3, -0.25) is 9.59 Å².